The molecule has 3 nitrogen and oxygen atoms in total. The van der Waals surface area contributed by atoms with Gasteiger partial charge in [0.15, 0.2) is 6.10 Å². The maximum Gasteiger partial charge on any atom is 0.344 e. The van der Waals surface area contributed by atoms with Gasteiger partial charge in [0.2, 0.25) is 0 Å². The van der Waals surface area contributed by atoms with Gasteiger partial charge >= 0.3 is 5.97 Å². The normalized spacial score (nSPS) is 11.9. The van der Waals surface area contributed by atoms with Gasteiger partial charge in [0, 0.05) is 17.0 Å². The zero-order chi connectivity index (χ0) is 14.5. The van der Waals surface area contributed by atoms with Gasteiger partial charge in [0.05, 0.1) is 0 Å². The molecule has 0 aromatic heterocycles. The molecule has 0 saturated carbocycles. The van der Waals surface area contributed by atoms with Gasteiger partial charge in [-0.25, -0.2) is 4.79 Å². The van der Waals surface area contributed by atoms with E-state index in [1.165, 1.54) is 6.92 Å². The molecule has 2 aromatic rings. The van der Waals surface area contributed by atoms with Crippen LogP contribution in [-0.4, -0.2) is 17.2 Å². The van der Waals surface area contributed by atoms with Crippen LogP contribution in [0.5, 0.6) is 5.75 Å². The van der Waals surface area contributed by atoms with E-state index in [-0.39, 0.29) is 0 Å². The Morgan fingerprint density at radius 3 is 2.60 bits per heavy atom. The molecule has 0 aliphatic carbocycles. The Balaban J connectivity index is 2.26. The third-order valence-corrected chi connectivity index (χ3v) is 3.15. The van der Waals surface area contributed by atoms with Gasteiger partial charge in [0.25, 0.3) is 0 Å². The lowest BCUT2D eigenvalue weighted by Crippen LogP contribution is -2.23. The molecule has 20 heavy (non-hydrogen) atoms. The van der Waals surface area contributed by atoms with Gasteiger partial charge in [-0.2, -0.15) is 0 Å². The number of hydrogen-bond donors (Lipinski definition) is 1. The van der Waals surface area contributed by atoms with Crippen molar-refractivity contribution in [2.75, 3.05) is 0 Å². The Morgan fingerprint density at radius 1 is 1.25 bits per heavy atom. The summed E-state index contributed by atoms with van der Waals surface area (Å²) in [6.45, 7) is 1.50. The Labute approximate surface area is 122 Å². The molecule has 4 heteroatoms. The zero-order valence-corrected chi connectivity index (χ0v) is 11.8. The third kappa shape index (κ3) is 3.75. The first kappa shape index (κ1) is 14.4. The van der Waals surface area contributed by atoms with Crippen molar-refractivity contribution in [3.8, 4) is 5.75 Å². The summed E-state index contributed by atoms with van der Waals surface area (Å²) >= 11 is 6.01. The molecule has 0 amide bonds. The molecule has 0 saturated heterocycles. The Kier molecular flexibility index (Phi) is 4.64. The summed E-state index contributed by atoms with van der Waals surface area (Å²) in [7, 11) is 0. The molecule has 1 atom stereocenters. The zero-order valence-electron chi connectivity index (χ0n) is 11.0. The highest BCUT2D eigenvalue weighted by Gasteiger charge is 2.15. The number of hydrogen-bond acceptors (Lipinski definition) is 2. The lowest BCUT2D eigenvalue weighted by Gasteiger charge is -2.15. The Morgan fingerprint density at radius 2 is 1.95 bits per heavy atom. The highest BCUT2D eigenvalue weighted by atomic mass is 35.5. The number of aliphatic carboxylic acids is 1. The van der Waals surface area contributed by atoms with Crippen LogP contribution in [0.25, 0.3) is 0 Å². The van der Waals surface area contributed by atoms with Crippen LogP contribution in [0, 0.1) is 0 Å². The number of carboxylic acids is 1. The first-order valence-corrected chi connectivity index (χ1v) is 6.66. The van der Waals surface area contributed by atoms with Crippen LogP contribution in [0.15, 0.2) is 48.5 Å². The number of benzene rings is 2. The summed E-state index contributed by atoms with van der Waals surface area (Å²) in [6.07, 6.45) is -0.256. The second-order valence-corrected chi connectivity index (χ2v) is 4.95. The second kappa shape index (κ2) is 6.44. The molecule has 2 aromatic carbocycles. The Bertz CT molecular complexity index is 596. The van der Waals surface area contributed by atoms with E-state index in [2.05, 4.69) is 0 Å². The predicted molar refractivity (Wildman–Crippen MR) is 78.4 cm³/mol. The predicted octanol–water partition coefficient (Wildman–Crippen LogP) is 3.78. The minimum atomic E-state index is -0.995. The molecule has 2 rings (SSSR count). The van der Waals surface area contributed by atoms with Gasteiger partial charge in [-0.1, -0.05) is 41.9 Å². The van der Waals surface area contributed by atoms with E-state index in [1.54, 1.807) is 18.2 Å². The summed E-state index contributed by atoms with van der Waals surface area (Å²) in [4.78, 5) is 10.9. The molecule has 1 unspecified atom stereocenters. The van der Waals surface area contributed by atoms with Crippen LogP contribution in [-0.2, 0) is 11.2 Å². The molecule has 0 bridgehead atoms. The van der Waals surface area contributed by atoms with Gasteiger partial charge in [-0.15, -0.1) is 0 Å². The lowest BCUT2D eigenvalue weighted by molar-refractivity contribution is -0.144. The largest absolute Gasteiger partial charge is 0.479 e. The van der Waals surface area contributed by atoms with E-state index >= 15 is 0 Å². The van der Waals surface area contributed by atoms with E-state index in [1.807, 2.05) is 30.3 Å². The maximum atomic E-state index is 10.9. The summed E-state index contributed by atoms with van der Waals surface area (Å²) in [5.41, 5.74) is 1.99. The Hall–Kier alpha value is -2.00. The summed E-state index contributed by atoms with van der Waals surface area (Å²) in [6, 6.07) is 15.1. The summed E-state index contributed by atoms with van der Waals surface area (Å²) < 4.78 is 5.48. The monoisotopic (exact) mass is 290 g/mol. The van der Waals surface area contributed by atoms with Crippen molar-refractivity contribution in [1.82, 2.24) is 0 Å². The molecule has 0 fully saturated rings. The highest BCUT2D eigenvalue weighted by molar-refractivity contribution is 6.30. The molecule has 0 heterocycles. The summed E-state index contributed by atoms with van der Waals surface area (Å²) in [5, 5.41) is 9.53. The lowest BCUT2D eigenvalue weighted by atomic mass is 10.0. The average Bonchev–Trinajstić information content (AvgIpc) is 2.42. The van der Waals surface area contributed by atoms with Crippen LogP contribution < -0.4 is 4.74 Å². The third-order valence-electron chi connectivity index (χ3n) is 2.91. The number of rotatable bonds is 5. The van der Waals surface area contributed by atoms with Crippen molar-refractivity contribution < 1.29 is 14.6 Å². The SMILES string of the molecule is CC(Oc1ccc(Cl)cc1Cc1ccccc1)C(=O)O. The quantitative estimate of drug-likeness (QED) is 0.911. The summed E-state index contributed by atoms with van der Waals surface area (Å²) in [5.74, 6) is -0.446. The second-order valence-electron chi connectivity index (χ2n) is 4.51. The maximum absolute atomic E-state index is 10.9. The van der Waals surface area contributed by atoms with E-state index in [4.69, 9.17) is 21.4 Å². The van der Waals surface area contributed by atoms with Gasteiger partial charge in [-0.05, 0) is 30.7 Å². The van der Waals surface area contributed by atoms with E-state index in [9.17, 15) is 4.79 Å². The fourth-order valence-corrected chi connectivity index (χ4v) is 2.05. The van der Waals surface area contributed by atoms with E-state index in [0.717, 1.165) is 11.1 Å². The minimum Gasteiger partial charge on any atom is -0.479 e. The minimum absolute atomic E-state index is 0.549. The molecule has 0 aliphatic heterocycles. The van der Waals surface area contributed by atoms with Crippen LogP contribution in [0.2, 0.25) is 5.02 Å². The molecule has 0 aliphatic rings. The highest BCUT2D eigenvalue weighted by Crippen LogP contribution is 2.26. The molecule has 0 spiro atoms. The van der Waals surface area contributed by atoms with Crippen molar-refractivity contribution in [3.63, 3.8) is 0 Å². The standard InChI is InChI=1S/C16H15ClO3/c1-11(16(18)19)20-15-8-7-14(17)10-13(15)9-12-5-3-2-4-6-12/h2-8,10-11H,9H2,1H3,(H,18,19). The van der Waals surface area contributed by atoms with Gasteiger partial charge in [0.1, 0.15) is 5.75 Å². The first-order valence-electron chi connectivity index (χ1n) is 6.28. The van der Waals surface area contributed by atoms with Gasteiger partial charge in [-0.3, -0.25) is 0 Å². The smallest absolute Gasteiger partial charge is 0.344 e. The number of carboxylic acid groups (broad SMARTS) is 1. The number of ether oxygens (including phenoxy) is 1. The van der Waals surface area contributed by atoms with Crippen LogP contribution in [0.4, 0.5) is 0 Å². The van der Waals surface area contributed by atoms with Crippen LogP contribution >= 0.6 is 11.6 Å². The topological polar surface area (TPSA) is 46.5 Å². The molecular weight excluding hydrogens is 276 g/mol. The van der Waals surface area contributed by atoms with E-state index in [0.29, 0.717) is 17.2 Å². The first-order chi connectivity index (χ1) is 9.56. The molecule has 104 valence electrons. The molecule has 0 radical (unpaired) electrons. The van der Waals surface area contributed by atoms with Crippen molar-refractivity contribution in [3.05, 3.63) is 64.7 Å². The fraction of sp³-hybridized carbons (Fsp3) is 0.188. The molecule has 1 N–H and O–H groups in total. The number of carbonyl (C=O) groups is 1. The van der Waals surface area contributed by atoms with Crippen LogP contribution in [0.3, 0.4) is 0 Å². The van der Waals surface area contributed by atoms with Gasteiger partial charge < -0.3 is 9.84 Å². The van der Waals surface area contributed by atoms with Crippen molar-refractivity contribution in [2.24, 2.45) is 0 Å². The number of halogens is 1. The fourth-order valence-electron chi connectivity index (χ4n) is 1.86. The van der Waals surface area contributed by atoms with Crippen molar-refractivity contribution >= 4 is 17.6 Å². The van der Waals surface area contributed by atoms with E-state index < -0.39 is 12.1 Å². The average molecular weight is 291 g/mol. The van der Waals surface area contributed by atoms with Crippen molar-refractivity contribution in [1.29, 1.82) is 0 Å². The van der Waals surface area contributed by atoms with Crippen LogP contribution in [0.1, 0.15) is 18.1 Å². The molecular formula is C16H15ClO3. The van der Waals surface area contributed by atoms with Crippen molar-refractivity contribution in [2.45, 2.75) is 19.4 Å².